The molecule has 0 spiro atoms. The SMILES string of the molecule is N[C@@H](CSCC1(O)CCCCC1)C(=O)O. The third-order valence-electron chi connectivity index (χ3n) is 2.77. The van der Waals surface area contributed by atoms with E-state index < -0.39 is 17.6 Å². The standard InChI is InChI=1S/C10H19NO3S/c11-8(9(12)13)6-15-7-10(14)4-2-1-3-5-10/h8,14H,1-7,11H2,(H,12,13)/t8-/m0/s1. The molecular weight excluding hydrogens is 214 g/mol. The first-order chi connectivity index (χ1) is 7.03. The largest absolute Gasteiger partial charge is 0.480 e. The van der Waals surface area contributed by atoms with E-state index in [1.807, 2.05) is 0 Å². The van der Waals surface area contributed by atoms with Gasteiger partial charge in [-0.3, -0.25) is 4.79 Å². The summed E-state index contributed by atoms with van der Waals surface area (Å²) in [6.45, 7) is 0. The van der Waals surface area contributed by atoms with Gasteiger partial charge < -0.3 is 15.9 Å². The summed E-state index contributed by atoms with van der Waals surface area (Å²) in [6.07, 6.45) is 5.01. The van der Waals surface area contributed by atoms with Crippen LogP contribution in [-0.4, -0.2) is 39.3 Å². The predicted molar refractivity (Wildman–Crippen MR) is 61.0 cm³/mol. The van der Waals surface area contributed by atoms with Gasteiger partial charge in [0.1, 0.15) is 6.04 Å². The molecule has 1 saturated carbocycles. The summed E-state index contributed by atoms with van der Waals surface area (Å²) in [5.74, 6) is 0.00385. The minimum atomic E-state index is -0.974. The van der Waals surface area contributed by atoms with Gasteiger partial charge in [0.15, 0.2) is 0 Å². The van der Waals surface area contributed by atoms with E-state index in [1.54, 1.807) is 0 Å². The molecule has 4 N–H and O–H groups in total. The van der Waals surface area contributed by atoms with Gasteiger partial charge in [0.2, 0.25) is 0 Å². The average molecular weight is 233 g/mol. The Morgan fingerprint density at radius 1 is 1.40 bits per heavy atom. The van der Waals surface area contributed by atoms with Gasteiger partial charge in [0.05, 0.1) is 5.60 Å². The normalized spacial score (nSPS) is 22.3. The lowest BCUT2D eigenvalue weighted by Gasteiger charge is -2.31. The molecule has 1 aliphatic carbocycles. The van der Waals surface area contributed by atoms with Crippen molar-refractivity contribution in [3.63, 3.8) is 0 Å². The van der Waals surface area contributed by atoms with Gasteiger partial charge in [-0.05, 0) is 12.8 Å². The number of rotatable bonds is 5. The molecule has 0 radical (unpaired) electrons. The molecule has 0 bridgehead atoms. The van der Waals surface area contributed by atoms with Crippen LogP contribution >= 0.6 is 11.8 Å². The van der Waals surface area contributed by atoms with Crippen molar-refractivity contribution >= 4 is 17.7 Å². The van der Waals surface area contributed by atoms with Crippen molar-refractivity contribution in [2.45, 2.75) is 43.7 Å². The maximum Gasteiger partial charge on any atom is 0.321 e. The third kappa shape index (κ3) is 4.40. The summed E-state index contributed by atoms with van der Waals surface area (Å²) in [6, 6.07) is -0.817. The molecule has 4 nitrogen and oxygen atoms in total. The molecule has 5 heteroatoms. The van der Waals surface area contributed by atoms with Crippen LogP contribution in [-0.2, 0) is 4.79 Å². The van der Waals surface area contributed by atoms with Gasteiger partial charge in [0.25, 0.3) is 0 Å². The smallest absolute Gasteiger partial charge is 0.321 e. The molecule has 88 valence electrons. The quantitative estimate of drug-likeness (QED) is 0.655. The minimum Gasteiger partial charge on any atom is -0.480 e. The Morgan fingerprint density at radius 3 is 2.53 bits per heavy atom. The summed E-state index contributed by atoms with van der Waals surface area (Å²) in [4.78, 5) is 10.5. The predicted octanol–water partition coefficient (Wildman–Crippen LogP) is 0.827. The highest BCUT2D eigenvalue weighted by Crippen LogP contribution is 2.30. The van der Waals surface area contributed by atoms with E-state index in [0.717, 1.165) is 25.7 Å². The van der Waals surface area contributed by atoms with Gasteiger partial charge in [-0.25, -0.2) is 0 Å². The van der Waals surface area contributed by atoms with E-state index >= 15 is 0 Å². The number of nitrogens with two attached hydrogens (primary N) is 1. The lowest BCUT2D eigenvalue weighted by Crippen LogP contribution is -2.37. The number of hydrogen-bond acceptors (Lipinski definition) is 4. The van der Waals surface area contributed by atoms with E-state index in [0.29, 0.717) is 11.5 Å². The first kappa shape index (κ1) is 12.8. The topological polar surface area (TPSA) is 83.5 Å². The molecule has 1 fully saturated rings. The molecule has 0 saturated heterocycles. The maximum atomic E-state index is 10.5. The van der Waals surface area contributed by atoms with Crippen molar-refractivity contribution in [2.75, 3.05) is 11.5 Å². The Kier molecular flexibility index (Phi) is 4.89. The highest BCUT2D eigenvalue weighted by Gasteiger charge is 2.29. The minimum absolute atomic E-state index is 0.373. The monoisotopic (exact) mass is 233 g/mol. The molecule has 0 aromatic carbocycles. The van der Waals surface area contributed by atoms with Crippen LogP contribution in [0.5, 0.6) is 0 Å². The molecule has 0 aromatic heterocycles. The number of thioether (sulfide) groups is 1. The molecule has 15 heavy (non-hydrogen) atoms. The lowest BCUT2D eigenvalue weighted by atomic mass is 9.86. The zero-order valence-corrected chi connectivity index (χ0v) is 9.63. The zero-order valence-electron chi connectivity index (χ0n) is 8.82. The van der Waals surface area contributed by atoms with Gasteiger partial charge in [-0.1, -0.05) is 19.3 Å². The Labute approximate surface area is 94.2 Å². The van der Waals surface area contributed by atoms with Crippen LogP contribution < -0.4 is 5.73 Å². The number of aliphatic carboxylic acids is 1. The molecule has 1 rings (SSSR count). The fraction of sp³-hybridized carbons (Fsp3) is 0.900. The van der Waals surface area contributed by atoms with E-state index in [-0.39, 0.29) is 0 Å². The van der Waals surface area contributed by atoms with Crippen LogP contribution in [0.25, 0.3) is 0 Å². The first-order valence-electron chi connectivity index (χ1n) is 5.32. The Bertz CT molecular complexity index is 217. The Hall–Kier alpha value is -0.260. The summed E-state index contributed by atoms with van der Waals surface area (Å²) in [7, 11) is 0. The number of carboxylic acids is 1. The molecule has 1 aliphatic rings. The van der Waals surface area contributed by atoms with Crippen LogP contribution in [0.2, 0.25) is 0 Å². The summed E-state index contributed by atoms with van der Waals surface area (Å²) in [5.41, 5.74) is 4.79. The van der Waals surface area contributed by atoms with Gasteiger partial charge >= 0.3 is 5.97 Å². The van der Waals surface area contributed by atoms with Crippen molar-refractivity contribution < 1.29 is 15.0 Å². The van der Waals surface area contributed by atoms with E-state index in [4.69, 9.17) is 10.8 Å². The van der Waals surface area contributed by atoms with Crippen LogP contribution in [0.15, 0.2) is 0 Å². The maximum absolute atomic E-state index is 10.5. The van der Waals surface area contributed by atoms with Crippen molar-refractivity contribution in [3.05, 3.63) is 0 Å². The van der Waals surface area contributed by atoms with Gasteiger partial charge in [-0.2, -0.15) is 11.8 Å². The highest BCUT2D eigenvalue weighted by molar-refractivity contribution is 7.99. The molecule has 0 unspecified atom stereocenters. The van der Waals surface area contributed by atoms with Crippen molar-refractivity contribution in [2.24, 2.45) is 5.73 Å². The second-order valence-electron chi connectivity index (χ2n) is 4.24. The van der Waals surface area contributed by atoms with Gasteiger partial charge in [0, 0.05) is 11.5 Å². The zero-order chi connectivity index (χ0) is 11.3. The highest BCUT2D eigenvalue weighted by atomic mass is 32.2. The Morgan fingerprint density at radius 2 is 2.00 bits per heavy atom. The van der Waals surface area contributed by atoms with E-state index in [9.17, 15) is 9.90 Å². The van der Waals surface area contributed by atoms with Crippen LogP contribution in [0.3, 0.4) is 0 Å². The molecule has 0 aromatic rings. The van der Waals surface area contributed by atoms with Crippen LogP contribution in [0, 0.1) is 0 Å². The molecule has 0 amide bonds. The molecule has 0 heterocycles. The molecular formula is C10H19NO3S. The van der Waals surface area contributed by atoms with E-state index in [1.165, 1.54) is 18.2 Å². The summed E-state index contributed by atoms with van der Waals surface area (Å²) in [5, 5.41) is 18.7. The number of hydrogen-bond donors (Lipinski definition) is 3. The average Bonchev–Trinajstić information content (AvgIpc) is 2.18. The Balaban J connectivity index is 2.21. The second-order valence-corrected chi connectivity index (χ2v) is 5.28. The second kappa shape index (κ2) is 5.72. The fourth-order valence-corrected chi connectivity index (χ4v) is 2.98. The summed E-state index contributed by atoms with van der Waals surface area (Å²) < 4.78 is 0. The van der Waals surface area contributed by atoms with Crippen molar-refractivity contribution in [1.82, 2.24) is 0 Å². The van der Waals surface area contributed by atoms with Crippen LogP contribution in [0.1, 0.15) is 32.1 Å². The van der Waals surface area contributed by atoms with Gasteiger partial charge in [-0.15, -0.1) is 0 Å². The summed E-state index contributed by atoms with van der Waals surface area (Å²) >= 11 is 1.44. The number of carboxylic acid groups (broad SMARTS) is 1. The van der Waals surface area contributed by atoms with Crippen molar-refractivity contribution in [1.29, 1.82) is 0 Å². The number of carbonyl (C=O) groups is 1. The van der Waals surface area contributed by atoms with E-state index in [2.05, 4.69) is 0 Å². The molecule has 1 atom stereocenters. The fourth-order valence-electron chi connectivity index (χ4n) is 1.80. The number of aliphatic hydroxyl groups is 1. The lowest BCUT2D eigenvalue weighted by molar-refractivity contribution is -0.137. The van der Waals surface area contributed by atoms with Crippen LogP contribution in [0.4, 0.5) is 0 Å². The third-order valence-corrected chi connectivity index (χ3v) is 4.11. The molecule has 0 aliphatic heterocycles. The van der Waals surface area contributed by atoms with Crippen molar-refractivity contribution in [3.8, 4) is 0 Å². The first-order valence-corrected chi connectivity index (χ1v) is 6.47.